The molecule has 2 aromatic heterocycles. The third-order valence-corrected chi connectivity index (χ3v) is 14.6. The van der Waals surface area contributed by atoms with Gasteiger partial charge in [0, 0.05) is 35.7 Å². The maximum atomic E-state index is 15.1. The lowest BCUT2D eigenvalue weighted by atomic mass is 9.74. The molecule has 2 atom stereocenters. The molecule has 6 aliphatic rings. The van der Waals surface area contributed by atoms with Crippen molar-refractivity contribution in [1.82, 2.24) is 19.2 Å². The third kappa shape index (κ3) is 7.19. The number of aromatic nitrogens is 2. The average Bonchev–Trinajstić information content (AvgIpc) is 3.38. The lowest BCUT2D eigenvalue weighted by Gasteiger charge is -2.53. The van der Waals surface area contributed by atoms with Crippen LogP contribution >= 0.6 is 0 Å². The molecule has 2 fully saturated rings. The number of hydrogen-bond acceptors (Lipinski definition) is 10. The van der Waals surface area contributed by atoms with Gasteiger partial charge in [0.25, 0.3) is 11.8 Å². The maximum absolute atomic E-state index is 15.1. The predicted octanol–water partition coefficient (Wildman–Crippen LogP) is 7.41. The summed E-state index contributed by atoms with van der Waals surface area (Å²) in [6, 6.07) is 30.0. The topological polar surface area (TPSA) is 150 Å². The van der Waals surface area contributed by atoms with Crippen molar-refractivity contribution in [2.24, 2.45) is 0 Å². The summed E-state index contributed by atoms with van der Waals surface area (Å²) in [7, 11) is 0. The lowest BCUT2D eigenvalue weighted by Crippen LogP contribution is -2.64. The second-order valence-corrected chi connectivity index (χ2v) is 18.4. The molecule has 2 saturated carbocycles. The molecule has 2 N–H and O–H groups in total. The highest BCUT2D eigenvalue weighted by atomic mass is 19.1. The molecule has 0 unspecified atom stereocenters. The summed E-state index contributed by atoms with van der Waals surface area (Å²) >= 11 is 0. The van der Waals surface area contributed by atoms with Gasteiger partial charge in [0.05, 0.1) is 11.1 Å². The van der Waals surface area contributed by atoms with Crippen LogP contribution in [0.15, 0.2) is 155 Å². The van der Waals surface area contributed by atoms with Crippen LogP contribution in [0.4, 0.5) is 8.78 Å². The number of aromatic hydroxyl groups is 2. The zero-order valence-corrected chi connectivity index (χ0v) is 37.9. The number of hydrogen-bond donors (Lipinski definition) is 2. The highest BCUT2D eigenvalue weighted by Gasteiger charge is 2.50. The van der Waals surface area contributed by atoms with Gasteiger partial charge < -0.3 is 29.5 Å². The molecule has 12 rings (SSSR count). The van der Waals surface area contributed by atoms with Crippen molar-refractivity contribution in [2.45, 2.75) is 61.7 Å². The van der Waals surface area contributed by atoms with Gasteiger partial charge in [-0.25, -0.2) is 8.78 Å². The summed E-state index contributed by atoms with van der Waals surface area (Å²) in [5, 5.41) is 25.3. The van der Waals surface area contributed by atoms with E-state index in [0.29, 0.717) is 11.1 Å². The Balaban J connectivity index is 0.000000152. The van der Waals surface area contributed by atoms with Crippen molar-refractivity contribution in [3.63, 3.8) is 0 Å². The van der Waals surface area contributed by atoms with E-state index in [-0.39, 0.29) is 49.4 Å². The number of amides is 2. The van der Waals surface area contributed by atoms with Crippen LogP contribution in [0, 0.1) is 11.6 Å². The van der Waals surface area contributed by atoms with E-state index in [9.17, 15) is 29.4 Å². The summed E-state index contributed by atoms with van der Waals surface area (Å²) in [6.45, 7) is 0.645. The first kappa shape index (κ1) is 44.4. The van der Waals surface area contributed by atoms with Crippen molar-refractivity contribution in [1.29, 1.82) is 0 Å². The minimum absolute atomic E-state index is 0.0949. The SMILES string of the molecule is O=C1c2c(O)c(=O)ccn2N2CN1C1(/C=C/COc3c(F)cccc3[C@@H]2c2ccccc2)CCC1.O=C1c2c(O)c(=O)ccn2N2CN1C1(/C=C/COc3c(F)cccc3[C@H]2c2ccccc2)CCC1. The fourth-order valence-corrected chi connectivity index (χ4v) is 10.8. The van der Waals surface area contributed by atoms with E-state index >= 15 is 8.78 Å². The van der Waals surface area contributed by atoms with Crippen LogP contribution in [-0.4, -0.2) is 78.8 Å². The van der Waals surface area contributed by atoms with Gasteiger partial charge >= 0.3 is 0 Å². The van der Waals surface area contributed by atoms with Gasteiger partial charge in [-0.1, -0.05) is 97.1 Å². The van der Waals surface area contributed by atoms with E-state index in [1.807, 2.05) is 95.0 Å². The molecule has 356 valence electrons. The molecular formula is C54H48F2N6O8. The Bertz CT molecular complexity index is 3010. The number of benzene rings is 4. The molecule has 14 nitrogen and oxygen atoms in total. The summed E-state index contributed by atoms with van der Waals surface area (Å²) in [6.07, 6.45) is 15.4. The largest absolute Gasteiger partial charge is 0.502 e. The standard InChI is InChI=1S/2C27H24FN3O4/c2*28-20-10-4-9-19-22(18-7-2-1-3-8-18)31-17-29(26(34)23-24(33)21(32)11-15-30(23)31)27(12-5-13-27)14-6-16-35-25(19)20/h2*1-4,6-11,14-15,22,33H,5,12-13,16-17H2/b2*14-6+/t2*22-/m10/s1. The van der Waals surface area contributed by atoms with Crippen molar-refractivity contribution in [3.05, 3.63) is 212 Å². The minimum atomic E-state index is -0.625. The summed E-state index contributed by atoms with van der Waals surface area (Å²) < 4.78 is 45.2. The average molecular weight is 947 g/mol. The highest BCUT2D eigenvalue weighted by molar-refractivity contribution is 5.97. The molecule has 6 aromatic rings. The first-order valence-electron chi connectivity index (χ1n) is 23.3. The van der Waals surface area contributed by atoms with Crippen LogP contribution in [-0.2, 0) is 0 Å². The van der Waals surface area contributed by atoms with E-state index in [0.717, 1.165) is 49.7 Å². The molecule has 4 aromatic carbocycles. The number of nitrogens with zero attached hydrogens (tertiary/aromatic N) is 6. The van der Waals surface area contributed by atoms with Crippen molar-refractivity contribution >= 4 is 11.8 Å². The Morgan fingerprint density at radius 1 is 0.514 bits per heavy atom. The van der Waals surface area contributed by atoms with Gasteiger partial charge in [-0.2, -0.15) is 0 Å². The molecule has 2 amide bonds. The van der Waals surface area contributed by atoms with Crippen molar-refractivity contribution < 1.29 is 38.1 Å². The Morgan fingerprint density at radius 2 is 0.914 bits per heavy atom. The zero-order valence-electron chi connectivity index (χ0n) is 37.9. The molecule has 4 bridgehead atoms. The second kappa shape index (κ2) is 17.4. The van der Waals surface area contributed by atoms with Gasteiger partial charge in [0.1, 0.15) is 38.6 Å². The Hall–Kier alpha value is -8.14. The number of pyridine rings is 2. The number of para-hydroxylation sites is 2. The maximum Gasteiger partial charge on any atom is 0.278 e. The number of rotatable bonds is 2. The minimum Gasteiger partial charge on any atom is -0.502 e. The van der Waals surface area contributed by atoms with Gasteiger partial charge in [0.2, 0.25) is 10.9 Å². The van der Waals surface area contributed by atoms with Crippen LogP contribution in [0.25, 0.3) is 0 Å². The molecule has 2 spiro atoms. The predicted molar refractivity (Wildman–Crippen MR) is 255 cm³/mol. The van der Waals surface area contributed by atoms with Crippen LogP contribution < -0.4 is 30.3 Å². The molecule has 0 radical (unpaired) electrons. The Morgan fingerprint density at radius 3 is 1.29 bits per heavy atom. The van der Waals surface area contributed by atoms with E-state index in [4.69, 9.17) is 9.47 Å². The molecule has 6 heterocycles. The van der Waals surface area contributed by atoms with E-state index < -0.39 is 69.0 Å². The smallest absolute Gasteiger partial charge is 0.278 e. The van der Waals surface area contributed by atoms with E-state index in [1.165, 1.54) is 46.0 Å². The fraction of sp³-hybridized carbons (Fsp3) is 0.259. The van der Waals surface area contributed by atoms with Gasteiger partial charge in [-0.3, -0.25) is 38.5 Å². The molecular weight excluding hydrogens is 899 g/mol. The molecule has 4 aliphatic heterocycles. The lowest BCUT2D eigenvalue weighted by molar-refractivity contribution is 0.0249. The van der Waals surface area contributed by atoms with Crippen molar-refractivity contribution in [2.75, 3.05) is 36.6 Å². The van der Waals surface area contributed by atoms with Gasteiger partial charge in [0.15, 0.2) is 46.0 Å². The number of fused-ring (bicyclic) bond motifs is 12. The number of carbonyl (C=O) groups excluding carboxylic acids is 2. The molecule has 16 heteroatoms. The fourth-order valence-electron chi connectivity index (χ4n) is 10.8. The third-order valence-electron chi connectivity index (χ3n) is 14.6. The van der Waals surface area contributed by atoms with Gasteiger partial charge in [-0.15, -0.1) is 0 Å². The summed E-state index contributed by atoms with van der Waals surface area (Å²) in [5.41, 5.74) is 0.259. The zero-order chi connectivity index (χ0) is 48.3. The van der Waals surface area contributed by atoms with E-state index in [2.05, 4.69) is 0 Å². The highest BCUT2D eigenvalue weighted by Crippen LogP contribution is 2.47. The van der Waals surface area contributed by atoms with E-state index in [1.54, 1.807) is 34.1 Å². The number of carbonyl (C=O) groups is 2. The first-order chi connectivity index (χ1) is 34.0. The number of halogens is 2. The van der Waals surface area contributed by atoms with Crippen LogP contribution in [0.2, 0.25) is 0 Å². The molecule has 70 heavy (non-hydrogen) atoms. The Kier molecular flexibility index (Phi) is 11.0. The van der Waals surface area contributed by atoms with Crippen LogP contribution in [0.3, 0.4) is 0 Å². The van der Waals surface area contributed by atoms with Crippen molar-refractivity contribution in [3.8, 4) is 23.0 Å². The quantitative estimate of drug-likeness (QED) is 0.168. The summed E-state index contributed by atoms with van der Waals surface area (Å²) in [4.78, 5) is 55.7. The molecule has 2 aliphatic carbocycles. The first-order valence-corrected chi connectivity index (χ1v) is 23.3. The van der Waals surface area contributed by atoms with Crippen LogP contribution in [0.1, 0.15) is 93.8 Å². The Labute approximate surface area is 400 Å². The number of ether oxygens (including phenoxy) is 2. The summed E-state index contributed by atoms with van der Waals surface area (Å²) in [5.74, 6) is -2.72. The molecule has 0 saturated heterocycles. The van der Waals surface area contributed by atoms with Crippen LogP contribution in [0.5, 0.6) is 23.0 Å². The van der Waals surface area contributed by atoms with Gasteiger partial charge in [-0.05, 0) is 73.9 Å². The second-order valence-electron chi connectivity index (χ2n) is 18.4. The monoisotopic (exact) mass is 946 g/mol. The normalized spacial score (nSPS) is 21.3.